The molecule has 0 unspecified atom stereocenters. The summed E-state index contributed by atoms with van der Waals surface area (Å²) in [6.45, 7) is 8.58. The number of hydrogen-bond donors (Lipinski definition) is 3. The van der Waals surface area contributed by atoms with Crippen molar-refractivity contribution >= 4 is 21.7 Å². The van der Waals surface area contributed by atoms with Crippen molar-refractivity contribution in [1.82, 2.24) is 10.0 Å². The van der Waals surface area contributed by atoms with Crippen LogP contribution in [-0.4, -0.2) is 20.5 Å². The van der Waals surface area contributed by atoms with Gasteiger partial charge in [-0.3, -0.25) is 0 Å². The Morgan fingerprint density at radius 3 is 2.25 bits per heavy atom. The van der Waals surface area contributed by atoms with Crippen LogP contribution in [0.15, 0.2) is 11.0 Å². The molecular weight excluding hydrogens is 278 g/mol. The van der Waals surface area contributed by atoms with Crippen LogP contribution >= 0.6 is 0 Å². The summed E-state index contributed by atoms with van der Waals surface area (Å²) in [6.07, 6.45) is 0. The summed E-state index contributed by atoms with van der Waals surface area (Å²) in [5.41, 5.74) is 7.98. The minimum absolute atomic E-state index is 0.0638. The fraction of sp³-hybridized carbons (Fsp3) is 0.462. The highest BCUT2D eigenvalue weighted by atomic mass is 32.2. The number of hydrogen-bond acceptors (Lipinski definition) is 4. The van der Waals surface area contributed by atoms with E-state index in [1.165, 1.54) is 0 Å². The summed E-state index contributed by atoms with van der Waals surface area (Å²) >= 11 is 0. The fourth-order valence-corrected chi connectivity index (χ4v) is 3.40. The molecule has 0 radical (unpaired) electrons. The number of aryl methyl sites for hydroxylation is 1. The number of carbonyl (C=O) groups excluding carboxylic acids is 1. The van der Waals surface area contributed by atoms with E-state index in [1.807, 2.05) is 4.72 Å². The van der Waals surface area contributed by atoms with Gasteiger partial charge >= 0.3 is 6.03 Å². The molecule has 6 nitrogen and oxygen atoms in total. The summed E-state index contributed by atoms with van der Waals surface area (Å²) in [5, 5.41) is 2.48. The second-order valence-electron chi connectivity index (χ2n) is 5.10. The molecule has 112 valence electrons. The topological polar surface area (TPSA) is 101 Å². The molecule has 0 bridgehead atoms. The first-order valence-corrected chi connectivity index (χ1v) is 7.74. The second-order valence-corrected chi connectivity index (χ2v) is 6.71. The van der Waals surface area contributed by atoms with Crippen molar-refractivity contribution in [2.24, 2.45) is 0 Å². The molecule has 0 aliphatic carbocycles. The van der Waals surface area contributed by atoms with Crippen molar-refractivity contribution < 1.29 is 13.2 Å². The van der Waals surface area contributed by atoms with Gasteiger partial charge in [0.2, 0.25) is 0 Å². The van der Waals surface area contributed by atoms with Crippen LogP contribution in [0.25, 0.3) is 0 Å². The lowest BCUT2D eigenvalue weighted by Crippen LogP contribution is -2.42. The Hall–Kier alpha value is -1.76. The van der Waals surface area contributed by atoms with Gasteiger partial charge in [-0.15, -0.1) is 0 Å². The van der Waals surface area contributed by atoms with E-state index < -0.39 is 16.1 Å². The zero-order chi connectivity index (χ0) is 15.7. The van der Waals surface area contributed by atoms with Crippen LogP contribution in [0.3, 0.4) is 0 Å². The molecule has 0 heterocycles. The minimum Gasteiger partial charge on any atom is -0.398 e. The van der Waals surface area contributed by atoms with Gasteiger partial charge in [-0.2, -0.15) is 0 Å². The number of sulfonamides is 1. The van der Waals surface area contributed by atoms with Crippen molar-refractivity contribution in [1.29, 1.82) is 0 Å². The molecule has 4 N–H and O–H groups in total. The summed E-state index contributed by atoms with van der Waals surface area (Å²) in [6, 6.07) is 0.812. The van der Waals surface area contributed by atoms with Crippen LogP contribution in [0.5, 0.6) is 0 Å². The zero-order valence-corrected chi connectivity index (χ0v) is 13.2. The maximum Gasteiger partial charge on any atom is 0.328 e. The van der Waals surface area contributed by atoms with Gasteiger partial charge in [0.1, 0.15) is 0 Å². The third-order valence-electron chi connectivity index (χ3n) is 2.99. The minimum atomic E-state index is -3.95. The van der Waals surface area contributed by atoms with Crippen molar-refractivity contribution in [2.45, 2.75) is 45.6 Å². The van der Waals surface area contributed by atoms with Crippen molar-refractivity contribution in [3.63, 3.8) is 0 Å². The van der Waals surface area contributed by atoms with E-state index >= 15 is 0 Å². The number of anilines is 1. The van der Waals surface area contributed by atoms with Gasteiger partial charge in [-0.1, -0.05) is 0 Å². The number of nitrogen functional groups attached to an aromatic ring is 1. The van der Waals surface area contributed by atoms with Crippen LogP contribution in [0.1, 0.15) is 30.5 Å². The van der Waals surface area contributed by atoms with Crippen molar-refractivity contribution in [3.05, 3.63) is 22.8 Å². The molecule has 0 aliphatic rings. The van der Waals surface area contributed by atoms with E-state index in [4.69, 9.17) is 5.73 Å². The third-order valence-corrected chi connectivity index (χ3v) is 4.60. The van der Waals surface area contributed by atoms with E-state index in [9.17, 15) is 13.2 Å². The summed E-state index contributed by atoms with van der Waals surface area (Å²) < 4.78 is 26.7. The molecule has 0 aromatic heterocycles. The van der Waals surface area contributed by atoms with Crippen LogP contribution in [0, 0.1) is 20.8 Å². The highest BCUT2D eigenvalue weighted by molar-refractivity contribution is 7.90. The number of carbonyl (C=O) groups is 1. The lowest BCUT2D eigenvalue weighted by Gasteiger charge is -2.16. The predicted octanol–water partition coefficient (Wildman–Crippen LogP) is 1.59. The molecule has 2 amide bonds. The Kier molecular flexibility index (Phi) is 4.65. The first-order valence-electron chi connectivity index (χ1n) is 6.26. The number of nitrogens with one attached hydrogen (secondary N) is 2. The fourth-order valence-electron chi connectivity index (χ4n) is 1.91. The molecule has 7 heteroatoms. The normalized spacial score (nSPS) is 11.5. The molecule has 0 aliphatic heterocycles. The number of rotatable bonds is 3. The summed E-state index contributed by atoms with van der Waals surface area (Å²) in [5.74, 6) is 0. The van der Waals surface area contributed by atoms with E-state index in [0.29, 0.717) is 16.8 Å². The van der Waals surface area contributed by atoms with Crippen LogP contribution in [0.4, 0.5) is 10.5 Å². The van der Waals surface area contributed by atoms with Crippen molar-refractivity contribution in [2.75, 3.05) is 5.73 Å². The van der Waals surface area contributed by atoms with Crippen LogP contribution in [-0.2, 0) is 10.0 Å². The van der Waals surface area contributed by atoms with E-state index in [1.54, 1.807) is 40.7 Å². The highest BCUT2D eigenvalue weighted by Crippen LogP contribution is 2.27. The number of benzene rings is 1. The Balaban J connectivity index is 3.27. The smallest absolute Gasteiger partial charge is 0.328 e. The van der Waals surface area contributed by atoms with Gasteiger partial charge in [-0.25, -0.2) is 17.9 Å². The molecule has 0 spiro atoms. The molecule has 1 rings (SSSR count). The van der Waals surface area contributed by atoms with Gasteiger partial charge in [0.25, 0.3) is 10.0 Å². The first kappa shape index (κ1) is 16.3. The average Bonchev–Trinajstić information content (AvgIpc) is 2.24. The quantitative estimate of drug-likeness (QED) is 0.738. The summed E-state index contributed by atoms with van der Waals surface area (Å²) in [7, 11) is -3.95. The van der Waals surface area contributed by atoms with E-state index in [-0.39, 0.29) is 10.9 Å². The highest BCUT2D eigenvalue weighted by Gasteiger charge is 2.24. The van der Waals surface area contributed by atoms with Gasteiger partial charge in [0, 0.05) is 11.7 Å². The Bertz CT molecular complexity index is 611. The van der Waals surface area contributed by atoms with Gasteiger partial charge in [0.05, 0.1) is 4.90 Å². The number of amides is 2. The molecule has 0 atom stereocenters. The SMILES string of the molecule is Cc1cc(N)c(C)c(S(=O)(=O)NC(=O)NC(C)C)c1C. The van der Waals surface area contributed by atoms with Crippen molar-refractivity contribution in [3.8, 4) is 0 Å². The van der Waals surface area contributed by atoms with Crippen LogP contribution < -0.4 is 15.8 Å². The number of nitrogens with two attached hydrogens (primary N) is 1. The van der Waals surface area contributed by atoms with Gasteiger partial charge in [0.15, 0.2) is 0 Å². The summed E-state index contributed by atoms with van der Waals surface area (Å²) in [4.78, 5) is 11.7. The lowest BCUT2D eigenvalue weighted by molar-refractivity contribution is 0.243. The Labute approximate surface area is 119 Å². The predicted molar refractivity (Wildman–Crippen MR) is 79.1 cm³/mol. The molecule has 1 aromatic rings. The average molecular weight is 299 g/mol. The largest absolute Gasteiger partial charge is 0.398 e. The first-order chi connectivity index (χ1) is 9.06. The van der Waals surface area contributed by atoms with Gasteiger partial charge < -0.3 is 11.1 Å². The second kappa shape index (κ2) is 5.70. The molecule has 0 saturated heterocycles. The molecule has 0 saturated carbocycles. The Morgan fingerprint density at radius 2 is 1.75 bits per heavy atom. The lowest BCUT2D eigenvalue weighted by atomic mass is 10.1. The van der Waals surface area contributed by atoms with E-state index in [0.717, 1.165) is 5.56 Å². The monoisotopic (exact) mass is 299 g/mol. The standard InChI is InChI=1S/C13H21N3O3S/c1-7(2)15-13(17)16-20(18,19)12-9(4)8(3)6-11(14)10(12)5/h6-7H,14H2,1-5H3,(H2,15,16,17). The zero-order valence-electron chi connectivity index (χ0n) is 12.4. The maximum atomic E-state index is 12.3. The molecule has 0 fully saturated rings. The third kappa shape index (κ3) is 3.41. The Morgan fingerprint density at radius 1 is 1.20 bits per heavy atom. The number of urea groups is 1. The molecular formula is C13H21N3O3S. The molecule has 1 aromatic carbocycles. The maximum absolute atomic E-state index is 12.3. The van der Waals surface area contributed by atoms with Crippen LogP contribution in [0.2, 0.25) is 0 Å². The van der Waals surface area contributed by atoms with E-state index in [2.05, 4.69) is 5.32 Å². The van der Waals surface area contributed by atoms with Gasteiger partial charge in [-0.05, 0) is 57.4 Å². The molecule has 20 heavy (non-hydrogen) atoms.